The van der Waals surface area contributed by atoms with E-state index in [-0.39, 0.29) is 0 Å². The molecule has 0 saturated carbocycles. The lowest BCUT2D eigenvalue weighted by Gasteiger charge is -2.40. The van der Waals surface area contributed by atoms with Crippen LogP contribution in [0.15, 0.2) is 216 Å². The van der Waals surface area contributed by atoms with Crippen molar-refractivity contribution in [1.82, 2.24) is 9.97 Å². The molecule has 1 aromatic heterocycles. The fraction of sp³-hybridized carbons (Fsp3) is 0.0182. The Morgan fingerprint density at radius 3 is 1.72 bits per heavy atom. The number of benzene rings is 9. The third kappa shape index (κ3) is 4.93. The highest BCUT2D eigenvalue weighted by molar-refractivity contribution is 7.99. The fourth-order valence-corrected chi connectivity index (χ4v) is 10.9. The second kappa shape index (κ2) is 13.0. The molecule has 9 aromatic carbocycles. The van der Waals surface area contributed by atoms with E-state index >= 15 is 0 Å². The minimum absolute atomic E-state index is 0.420. The average molecular weight is 755 g/mol. The molecular weight excluding hydrogens is 721 g/mol. The molecule has 1 spiro atoms. The van der Waals surface area contributed by atoms with Crippen LogP contribution in [-0.4, -0.2) is 9.97 Å². The van der Waals surface area contributed by atoms with Gasteiger partial charge in [-0.05, 0) is 90.3 Å². The van der Waals surface area contributed by atoms with Crippen molar-refractivity contribution in [3.05, 3.63) is 229 Å². The molecule has 1 aliphatic carbocycles. The molecule has 0 fully saturated rings. The highest BCUT2D eigenvalue weighted by Crippen LogP contribution is 2.63. The second-order valence-corrected chi connectivity index (χ2v) is 16.3. The number of hydrogen-bond donors (Lipinski definition) is 0. The Kier molecular flexibility index (Phi) is 7.41. The summed E-state index contributed by atoms with van der Waals surface area (Å²) >= 11 is 1.89. The van der Waals surface area contributed by atoms with Crippen molar-refractivity contribution in [3.63, 3.8) is 0 Å². The average Bonchev–Trinajstić information content (AvgIpc) is 3.59. The molecule has 2 nitrogen and oxygen atoms in total. The van der Waals surface area contributed by atoms with E-state index in [0.717, 1.165) is 33.6 Å². The van der Waals surface area contributed by atoms with Gasteiger partial charge in [0.1, 0.15) is 0 Å². The monoisotopic (exact) mass is 754 g/mol. The Balaban J connectivity index is 1.03. The number of aromatic nitrogens is 2. The van der Waals surface area contributed by atoms with Gasteiger partial charge in [0.15, 0.2) is 5.82 Å². The summed E-state index contributed by atoms with van der Waals surface area (Å²) in [6.45, 7) is 0. The van der Waals surface area contributed by atoms with Crippen molar-refractivity contribution in [2.45, 2.75) is 15.2 Å². The topological polar surface area (TPSA) is 25.8 Å². The van der Waals surface area contributed by atoms with E-state index in [2.05, 4.69) is 200 Å². The van der Waals surface area contributed by atoms with Gasteiger partial charge in [0, 0.05) is 26.5 Å². The molecule has 3 heteroatoms. The zero-order valence-corrected chi connectivity index (χ0v) is 32.2. The van der Waals surface area contributed by atoms with Crippen LogP contribution in [0.4, 0.5) is 0 Å². The Hall–Kier alpha value is -7.07. The Morgan fingerprint density at radius 1 is 0.345 bits per heavy atom. The molecule has 0 bridgehead atoms. The van der Waals surface area contributed by atoms with Crippen molar-refractivity contribution in [2.75, 3.05) is 0 Å². The predicted molar refractivity (Wildman–Crippen MR) is 240 cm³/mol. The third-order valence-corrected chi connectivity index (χ3v) is 13.4. The number of rotatable bonds is 4. The highest BCUT2D eigenvalue weighted by Gasteiger charge is 2.50. The maximum Gasteiger partial charge on any atom is 0.160 e. The van der Waals surface area contributed by atoms with Crippen LogP contribution in [0.25, 0.3) is 77.7 Å². The number of nitrogens with zero attached hydrogens (tertiary/aromatic N) is 2. The first-order valence-corrected chi connectivity index (χ1v) is 20.6. The van der Waals surface area contributed by atoms with Gasteiger partial charge in [0.05, 0.1) is 16.8 Å². The molecule has 0 N–H and O–H groups in total. The summed E-state index contributed by atoms with van der Waals surface area (Å²) < 4.78 is 0. The molecule has 12 rings (SSSR count). The van der Waals surface area contributed by atoms with E-state index in [1.807, 2.05) is 17.8 Å². The van der Waals surface area contributed by atoms with E-state index in [1.165, 1.54) is 70.3 Å². The van der Waals surface area contributed by atoms with Gasteiger partial charge in [-0.25, -0.2) is 9.97 Å². The summed E-state index contributed by atoms with van der Waals surface area (Å²) in [5, 5.41) is 4.94. The van der Waals surface area contributed by atoms with Crippen LogP contribution in [0.5, 0.6) is 0 Å². The van der Waals surface area contributed by atoms with Crippen molar-refractivity contribution in [1.29, 1.82) is 0 Å². The van der Waals surface area contributed by atoms with Crippen molar-refractivity contribution >= 4 is 33.3 Å². The van der Waals surface area contributed by atoms with Gasteiger partial charge in [0.25, 0.3) is 0 Å². The van der Waals surface area contributed by atoms with Crippen LogP contribution in [0.3, 0.4) is 0 Å². The SMILES string of the molecule is c1ccc(-c2nc(-c3cccc(-c4cccc5c4Sc4ccccc4C54c5ccccc5-c5ccccc54)c3)cc(-c3ccc4c(ccc5ccccc54)c3)n2)cc1. The van der Waals surface area contributed by atoms with E-state index in [9.17, 15) is 0 Å². The van der Waals surface area contributed by atoms with Gasteiger partial charge >= 0.3 is 0 Å². The molecule has 0 radical (unpaired) electrons. The molecule has 0 amide bonds. The summed E-state index contributed by atoms with van der Waals surface area (Å²) in [6.07, 6.45) is 0. The smallest absolute Gasteiger partial charge is 0.160 e. The summed E-state index contributed by atoms with van der Waals surface area (Å²) in [7, 11) is 0. The van der Waals surface area contributed by atoms with Gasteiger partial charge in [0.2, 0.25) is 0 Å². The van der Waals surface area contributed by atoms with Crippen LogP contribution < -0.4 is 0 Å². The van der Waals surface area contributed by atoms with E-state index in [1.54, 1.807) is 0 Å². The minimum atomic E-state index is -0.420. The van der Waals surface area contributed by atoms with Gasteiger partial charge in [-0.1, -0.05) is 194 Å². The van der Waals surface area contributed by atoms with Crippen LogP contribution in [0, 0.1) is 0 Å². The standard InChI is InChI=1S/C55H34N2S/c1-2-15-36(16-3-1)54-56-50(34-51(57-54)40-30-31-42-38(33-40)29-28-35-14-4-5-19-41(35)42)39-18-12-17-37(32-39)43-22-13-26-49-53(43)58-52-27-11-10-25-48(52)55(49)46-23-8-6-20-44(46)45-21-7-9-24-47(45)55/h1-34H. The number of hydrogen-bond acceptors (Lipinski definition) is 3. The molecule has 0 atom stereocenters. The third-order valence-electron chi connectivity index (χ3n) is 12.1. The van der Waals surface area contributed by atoms with Gasteiger partial charge in [-0.15, -0.1) is 0 Å². The maximum absolute atomic E-state index is 5.25. The molecule has 2 heterocycles. The first kappa shape index (κ1) is 33.1. The summed E-state index contributed by atoms with van der Waals surface area (Å²) in [5.41, 5.74) is 14.9. The van der Waals surface area contributed by atoms with Gasteiger partial charge in [-0.3, -0.25) is 0 Å². The highest BCUT2D eigenvalue weighted by atomic mass is 32.2. The number of fused-ring (bicyclic) bond motifs is 12. The largest absolute Gasteiger partial charge is 0.228 e. The van der Waals surface area contributed by atoms with Crippen molar-refractivity contribution < 1.29 is 0 Å². The quantitative estimate of drug-likeness (QED) is 0.167. The van der Waals surface area contributed by atoms with E-state index in [4.69, 9.17) is 9.97 Å². The molecule has 0 unspecified atom stereocenters. The lowest BCUT2D eigenvalue weighted by Crippen LogP contribution is -2.32. The summed E-state index contributed by atoms with van der Waals surface area (Å²) in [6, 6.07) is 75.0. The van der Waals surface area contributed by atoms with Crippen LogP contribution in [-0.2, 0) is 5.41 Å². The molecule has 0 saturated heterocycles. The van der Waals surface area contributed by atoms with Gasteiger partial charge < -0.3 is 0 Å². The van der Waals surface area contributed by atoms with Crippen molar-refractivity contribution in [3.8, 4) is 56.2 Å². The van der Waals surface area contributed by atoms with Crippen LogP contribution >= 0.6 is 11.8 Å². The van der Waals surface area contributed by atoms with Crippen molar-refractivity contribution in [2.24, 2.45) is 0 Å². The molecule has 2 aliphatic rings. The second-order valence-electron chi connectivity index (χ2n) is 15.3. The molecule has 1 aliphatic heterocycles. The van der Waals surface area contributed by atoms with Crippen LogP contribution in [0.2, 0.25) is 0 Å². The maximum atomic E-state index is 5.25. The molecule has 58 heavy (non-hydrogen) atoms. The Morgan fingerprint density at radius 2 is 0.914 bits per heavy atom. The fourth-order valence-electron chi connectivity index (χ4n) is 9.58. The van der Waals surface area contributed by atoms with E-state index < -0.39 is 5.41 Å². The lowest BCUT2D eigenvalue weighted by molar-refractivity contribution is 0.723. The molecule has 10 aromatic rings. The summed E-state index contributed by atoms with van der Waals surface area (Å²) in [4.78, 5) is 13.0. The minimum Gasteiger partial charge on any atom is -0.228 e. The zero-order valence-electron chi connectivity index (χ0n) is 31.4. The van der Waals surface area contributed by atoms with Gasteiger partial charge in [-0.2, -0.15) is 0 Å². The Bertz CT molecular complexity index is 3230. The lowest BCUT2D eigenvalue weighted by atomic mass is 9.67. The molecule has 270 valence electrons. The van der Waals surface area contributed by atoms with Crippen LogP contribution in [0.1, 0.15) is 22.3 Å². The Labute approximate surface area is 341 Å². The zero-order chi connectivity index (χ0) is 38.2. The predicted octanol–water partition coefficient (Wildman–Crippen LogP) is 14.3. The van der Waals surface area contributed by atoms with E-state index in [0.29, 0.717) is 5.82 Å². The first-order valence-electron chi connectivity index (χ1n) is 19.8. The first-order chi connectivity index (χ1) is 28.7. The normalized spacial score (nSPS) is 13.2. The summed E-state index contributed by atoms with van der Waals surface area (Å²) in [5.74, 6) is 0.710. The molecular formula is C55H34N2S.